The lowest BCUT2D eigenvalue weighted by Gasteiger charge is -2.77. The molecule has 1 nitrogen and oxygen atoms in total. The normalized spacial score (nSPS) is 35.1. The Morgan fingerprint density at radius 1 is 0.200 bits per heavy atom. The van der Waals surface area contributed by atoms with E-state index in [2.05, 4.69) is 144 Å². The van der Waals surface area contributed by atoms with Crippen LogP contribution in [0.25, 0.3) is 0 Å². The average molecular weight is 684 g/mol. The second-order valence-electron chi connectivity index (χ2n) is 18.4. The van der Waals surface area contributed by atoms with Crippen LogP contribution in [0, 0.1) is 0 Å². The van der Waals surface area contributed by atoms with E-state index in [4.69, 9.17) is 4.12 Å². The van der Waals surface area contributed by atoms with Crippen molar-refractivity contribution in [1.29, 1.82) is 0 Å². The van der Waals surface area contributed by atoms with Crippen LogP contribution in [0.1, 0.15) is 0 Å². The Hall–Kier alpha value is 2.56. The van der Waals surface area contributed by atoms with Gasteiger partial charge in [0.15, 0.2) is 0 Å². The van der Waals surface area contributed by atoms with Crippen molar-refractivity contribution in [1.82, 2.24) is 0 Å². The molecule has 0 amide bonds. The Morgan fingerprint density at radius 3 is 0.457 bits per heavy atom. The van der Waals surface area contributed by atoms with Gasteiger partial charge in [-0.15, -0.1) is 0 Å². The molecule has 0 aromatic carbocycles. The van der Waals surface area contributed by atoms with Gasteiger partial charge in [0.25, 0.3) is 0 Å². The van der Waals surface area contributed by atoms with E-state index in [0.29, 0.717) is 0 Å². The van der Waals surface area contributed by atoms with Crippen LogP contribution >= 0.6 is 0 Å². The fourth-order valence-electron chi connectivity index (χ4n) is 9.55. The van der Waals surface area contributed by atoms with Crippen molar-refractivity contribution in [2.45, 2.75) is 144 Å². The third-order valence-electron chi connectivity index (χ3n) is 17.7. The summed E-state index contributed by atoms with van der Waals surface area (Å²) in [6, 6.07) is 0. The van der Waals surface area contributed by atoms with Crippen molar-refractivity contribution in [3.63, 3.8) is 0 Å². The summed E-state index contributed by atoms with van der Waals surface area (Å²) in [6.45, 7) is 64.4. The summed E-state index contributed by atoms with van der Waals surface area (Å²) in [5.41, 5.74) is 0. The highest BCUT2D eigenvalue weighted by molar-refractivity contribution is 8.16. The predicted molar refractivity (Wildman–Crippen MR) is 199 cm³/mol. The molecule has 35 heavy (non-hydrogen) atoms. The fourth-order valence-corrected chi connectivity index (χ4v) is 502. The molecule has 2 aliphatic rings. The van der Waals surface area contributed by atoms with Crippen molar-refractivity contribution in [2.24, 2.45) is 0 Å². The van der Waals surface area contributed by atoms with Crippen LogP contribution in [0.5, 0.6) is 0 Å². The largest absolute Gasteiger partial charge is 0.465 e. The van der Waals surface area contributed by atoms with Gasteiger partial charge in [-0.2, -0.15) is 0 Å². The third-order valence-corrected chi connectivity index (χ3v) is 319. The summed E-state index contributed by atoms with van der Waals surface area (Å²) in [4.78, 5) is 0. The number of hydrogen-bond acceptors (Lipinski definition) is 1. The molecule has 0 N–H and O–H groups in total. The molecule has 2 saturated heterocycles. The van der Waals surface area contributed by atoms with Crippen molar-refractivity contribution < 1.29 is 4.12 Å². The Morgan fingerprint density at radius 2 is 0.314 bits per heavy atom. The zero-order valence-electron chi connectivity index (χ0n) is 28.4. The maximum Gasteiger partial charge on any atom is 0.145 e. The molecule has 0 bridgehead atoms. The summed E-state index contributed by atoms with van der Waals surface area (Å²) in [5.74, 6) is 0. The molecule has 0 spiro atoms. The lowest BCUT2D eigenvalue weighted by atomic mass is 11.9. The first-order valence-corrected chi connectivity index (χ1v) is 61.2. The monoisotopic (exact) mass is 682 g/mol. The maximum atomic E-state index is 8.81. The number of hydrogen-bond donors (Lipinski definition) is 0. The molecule has 13 heteroatoms. The van der Waals surface area contributed by atoms with Gasteiger partial charge in [-0.1, -0.05) is 144 Å². The molecule has 2 heterocycles. The topological polar surface area (TPSA) is 9.23 Å². The summed E-state index contributed by atoms with van der Waals surface area (Å²) < 4.78 is 8.81. The van der Waals surface area contributed by atoms with Gasteiger partial charge in [0, 0.05) is 42.7 Å². The number of rotatable bonds is 2. The van der Waals surface area contributed by atoms with Gasteiger partial charge in [0.05, 0.1) is 28.4 Å². The molecule has 2 aliphatic heterocycles. The van der Waals surface area contributed by atoms with Crippen molar-refractivity contribution in [2.75, 3.05) is 0 Å². The van der Waals surface area contributed by atoms with Crippen molar-refractivity contribution in [3.05, 3.63) is 0 Å². The van der Waals surface area contributed by atoms with Crippen molar-refractivity contribution >= 4 is 85.8 Å². The van der Waals surface area contributed by atoms with E-state index in [1.165, 1.54) is 0 Å². The second-order valence-corrected chi connectivity index (χ2v) is 160. The van der Waals surface area contributed by atoms with Gasteiger partial charge < -0.3 is 4.12 Å². The molecule has 0 unspecified atom stereocenters. The summed E-state index contributed by atoms with van der Waals surface area (Å²) in [5, 5.41) is 0. The summed E-state index contributed by atoms with van der Waals surface area (Å²) in [6.07, 6.45) is 0. The van der Waals surface area contributed by atoms with Crippen LogP contribution in [0.4, 0.5) is 0 Å². The molecule has 208 valence electrons. The van der Waals surface area contributed by atoms with Crippen LogP contribution in [0.3, 0.4) is 0 Å². The van der Waals surface area contributed by atoms with Crippen LogP contribution in [0.15, 0.2) is 0 Å². The standard InChI is InChI=1S/C22H66OSi12/c1-24(2)26(5,6)30(13,14)34(21,31(15,16)27(24,7)8)23-35(22)32(17,18)28(9,10)25(3,4)29(11,12)33(35,19)20/h1-22H3. The van der Waals surface area contributed by atoms with Crippen LogP contribution in [-0.4, -0.2) is 85.8 Å². The molecular formula is C22H66OSi12. The van der Waals surface area contributed by atoms with Crippen molar-refractivity contribution in [3.8, 4) is 0 Å². The van der Waals surface area contributed by atoms with E-state index in [1.807, 2.05) is 0 Å². The highest BCUT2D eigenvalue weighted by Gasteiger charge is 2.84. The highest BCUT2D eigenvalue weighted by Crippen LogP contribution is 2.57. The lowest BCUT2D eigenvalue weighted by Crippen LogP contribution is -3.06. The zero-order chi connectivity index (χ0) is 28.7. The molecular weight excluding hydrogens is 617 g/mol. The lowest BCUT2D eigenvalue weighted by molar-refractivity contribution is 0.605. The van der Waals surface area contributed by atoms with E-state index in [1.54, 1.807) is 0 Å². The minimum absolute atomic E-state index is 1.23. The third kappa shape index (κ3) is 3.21. The predicted octanol–water partition coefficient (Wildman–Crippen LogP) is 8.21. The van der Waals surface area contributed by atoms with Crippen LogP contribution < -0.4 is 0 Å². The molecule has 0 saturated carbocycles. The zero-order valence-corrected chi connectivity index (χ0v) is 40.4. The van der Waals surface area contributed by atoms with E-state index in [9.17, 15) is 0 Å². The maximum absolute atomic E-state index is 8.81. The summed E-state index contributed by atoms with van der Waals surface area (Å²) >= 11 is 0. The van der Waals surface area contributed by atoms with Gasteiger partial charge in [-0.05, 0) is 0 Å². The Kier molecular flexibility index (Phi) is 7.81. The molecule has 0 aliphatic carbocycles. The van der Waals surface area contributed by atoms with Gasteiger partial charge in [-0.3, -0.25) is 0 Å². The Balaban J connectivity index is 3.01. The fraction of sp³-hybridized carbons (Fsp3) is 1.00. The van der Waals surface area contributed by atoms with E-state index < -0.39 is 85.8 Å². The second kappa shape index (κ2) is 8.10. The van der Waals surface area contributed by atoms with E-state index >= 15 is 0 Å². The van der Waals surface area contributed by atoms with E-state index in [0.717, 1.165) is 0 Å². The van der Waals surface area contributed by atoms with Gasteiger partial charge >= 0.3 is 0 Å². The SMILES string of the molecule is C[Si]1(C)[Si](C)(C)[Si](C)(C)[Si](C)(O[Si]2(C)[Si](C)(C)[Si](C)(C)[Si](C)(C)[Si](C)(C)[Si]2(C)C)[Si](C)(C)[Si]1(C)C. The van der Waals surface area contributed by atoms with E-state index in [-0.39, 0.29) is 0 Å². The molecule has 0 radical (unpaired) electrons. The minimum atomic E-state index is -1.83. The first-order chi connectivity index (χ1) is 14.7. The molecule has 0 aromatic heterocycles. The quantitative estimate of drug-likeness (QED) is 0.267. The van der Waals surface area contributed by atoms with Crippen LogP contribution in [-0.2, 0) is 4.12 Å². The van der Waals surface area contributed by atoms with Crippen LogP contribution in [0.2, 0.25) is 144 Å². The average Bonchev–Trinajstić information content (AvgIpc) is 2.64. The van der Waals surface area contributed by atoms with Gasteiger partial charge in [-0.25, -0.2) is 0 Å². The molecule has 2 rings (SSSR count). The minimum Gasteiger partial charge on any atom is -0.465 e. The molecule has 0 aromatic rings. The first-order valence-electron chi connectivity index (χ1n) is 14.4. The smallest absolute Gasteiger partial charge is 0.145 e. The Bertz CT molecular complexity index is 766. The first kappa shape index (κ1) is 33.8. The van der Waals surface area contributed by atoms with Gasteiger partial charge in [0.2, 0.25) is 0 Å². The molecule has 0 atom stereocenters. The van der Waals surface area contributed by atoms with Gasteiger partial charge in [0.1, 0.15) is 14.7 Å². The Labute approximate surface area is 232 Å². The molecule has 2 fully saturated rings. The highest BCUT2D eigenvalue weighted by atomic mass is 30.2. The summed E-state index contributed by atoms with van der Waals surface area (Å²) in [7, 11) is -17.3.